The molecule has 9 heteroatoms. The summed E-state index contributed by atoms with van der Waals surface area (Å²) in [5.41, 5.74) is 0. The lowest BCUT2D eigenvalue weighted by atomic mass is 10.0. The minimum absolute atomic E-state index is 0.177. The fraction of sp³-hybridized carbons (Fsp3) is 0.598. The smallest absolute Gasteiger partial charge is 0.361 e. The summed E-state index contributed by atoms with van der Waals surface area (Å²) in [7, 11) is 5.96. The summed E-state index contributed by atoms with van der Waals surface area (Å²) in [4.78, 5) is 37.6. The van der Waals surface area contributed by atoms with Crippen molar-refractivity contribution in [3.63, 3.8) is 0 Å². The monoisotopic (exact) mass is 1260 g/mol. The van der Waals surface area contributed by atoms with Crippen molar-refractivity contribution in [3.8, 4) is 0 Å². The van der Waals surface area contributed by atoms with Crippen LogP contribution in [-0.2, 0) is 33.3 Å². The van der Waals surface area contributed by atoms with Gasteiger partial charge in [0.15, 0.2) is 6.10 Å². The molecule has 0 rings (SSSR count). The maximum absolute atomic E-state index is 13.0. The summed E-state index contributed by atoms with van der Waals surface area (Å²) in [5, 5.41) is 9.75. The second kappa shape index (κ2) is 70.3. The molecule has 1 N–H and O–H groups in total. The third-order valence-electron chi connectivity index (χ3n) is 14.7. The van der Waals surface area contributed by atoms with E-state index in [4.69, 9.17) is 18.9 Å². The number of carbonyl (C=O) groups excluding carboxylic acids is 2. The van der Waals surface area contributed by atoms with Gasteiger partial charge >= 0.3 is 17.9 Å². The number of unbranched alkanes of at least 4 members (excludes halogenated alkanes) is 19. The number of rotatable bonds is 64. The van der Waals surface area contributed by atoms with Crippen molar-refractivity contribution in [2.24, 2.45) is 0 Å². The van der Waals surface area contributed by atoms with E-state index in [1.54, 1.807) is 0 Å². The first-order chi connectivity index (χ1) is 44.6. The number of carboxylic acid groups (broad SMARTS) is 1. The summed E-state index contributed by atoms with van der Waals surface area (Å²) in [5.74, 6) is -2.03. The van der Waals surface area contributed by atoms with E-state index in [0.29, 0.717) is 17.4 Å². The van der Waals surface area contributed by atoms with Crippen LogP contribution in [0.15, 0.2) is 182 Å². The van der Waals surface area contributed by atoms with Gasteiger partial charge in [0.1, 0.15) is 13.2 Å². The highest BCUT2D eigenvalue weighted by atomic mass is 16.7. The van der Waals surface area contributed by atoms with Gasteiger partial charge in [0.05, 0.1) is 34.4 Å². The van der Waals surface area contributed by atoms with E-state index >= 15 is 0 Å². The van der Waals surface area contributed by atoms with Crippen LogP contribution in [0.2, 0.25) is 0 Å². The van der Waals surface area contributed by atoms with Crippen LogP contribution < -0.4 is 0 Å². The number of likely N-dealkylation sites (N-methyl/N-ethyl adjacent to an activating group) is 1. The molecule has 0 saturated heterocycles. The zero-order valence-electron chi connectivity index (χ0n) is 58.4. The van der Waals surface area contributed by atoms with E-state index in [-0.39, 0.29) is 38.6 Å². The largest absolute Gasteiger partial charge is 0.477 e. The van der Waals surface area contributed by atoms with E-state index in [2.05, 4.69) is 196 Å². The molecule has 512 valence electrons. The molecule has 0 saturated carbocycles. The fourth-order valence-electron chi connectivity index (χ4n) is 9.25. The Labute approximate surface area is 558 Å². The van der Waals surface area contributed by atoms with Gasteiger partial charge in [0, 0.05) is 12.8 Å². The predicted octanol–water partition coefficient (Wildman–Crippen LogP) is 22.8. The van der Waals surface area contributed by atoms with Crippen LogP contribution in [0.1, 0.15) is 258 Å². The molecule has 9 nitrogen and oxygen atoms in total. The number of carboxylic acids is 1. The molecule has 0 radical (unpaired) electrons. The van der Waals surface area contributed by atoms with Gasteiger partial charge in [0.25, 0.3) is 6.29 Å². The molecule has 0 aromatic carbocycles. The van der Waals surface area contributed by atoms with Gasteiger partial charge in [-0.05, 0) is 135 Å². The van der Waals surface area contributed by atoms with E-state index in [1.165, 1.54) is 70.6 Å². The van der Waals surface area contributed by atoms with E-state index < -0.39 is 24.3 Å². The van der Waals surface area contributed by atoms with Gasteiger partial charge in [0.2, 0.25) is 0 Å². The van der Waals surface area contributed by atoms with Crippen molar-refractivity contribution in [1.29, 1.82) is 0 Å². The molecule has 0 aliphatic carbocycles. The standard InChI is InChI=1S/C82H131NO8/c1-6-8-10-12-14-16-18-20-22-24-26-28-30-32-33-34-35-36-37-38-39-40-41-42-43-44-45-46-47-49-51-53-55-57-59-61-63-65-67-69-71-73-80(85)91-78(77-90-82(81(86)87)88-75-74-83(3,4)5)76-89-79(84)72-70-68-66-64-62-60-58-56-54-52-50-48-31-29-27-25-23-21-19-17-15-13-11-9-7-2/h8-11,14-17,20-23,26-29,32-33,35-36,38-39,41-42,44-45,47-50,78,82H,6-7,12-13,18-19,24-25,30-31,34,37,40,43,46,51-77H2,1-5H3/p+1/b10-8-,11-9-,16-14-,17-15-,22-20-,23-21-,28-26-,29-27-,33-32-,36-35-,39-38-,42-41-,45-44-,49-47-,50-48-. The van der Waals surface area contributed by atoms with E-state index in [9.17, 15) is 19.5 Å². The van der Waals surface area contributed by atoms with Crippen molar-refractivity contribution in [2.75, 3.05) is 47.5 Å². The lowest BCUT2D eigenvalue weighted by Crippen LogP contribution is -2.40. The van der Waals surface area contributed by atoms with Gasteiger partial charge in [-0.15, -0.1) is 0 Å². The SMILES string of the molecule is CC/C=C\C/C=C\C/C=C\C/C=C\C/C=C\C/C=C\C/C=C\C/C=C\C/C=C\C/C=C\CCCCCCCCCCCCC(=O)OC(COC(=O)CCCCCCCCCCC/C=C\C/C=C\C/C=C\C/C=C\C/C=C\CC)COC(OCC[N+](C)(C)C)C(=O)O. The summed E-state index contributed by atoms with van der Waals surface area (Å²) in [6, 6.07) is 0. The number of carbonyl (C=O) groups is 3. The maximum atomic E-state index is 13.0. The number of nitrogens with zero attached hydrogens (tertiary/aromatic N) is 1. The fourth-order valence-corrected chi connectivity index (χ4v) is 9.25. The molecule has 0 aromatic rings. The Kier molecular flexibility index (Phi) is 65.9. The highest BCUT2D eigenvalue weighted by molar-refractivity contribution is 5.71. The zero-order chi connectivity index (χ0) is 66.1. The van der Waals surface area contributed by atoms with E-state index in [1.807, 2.05) is 21.1 Å². The third-order valence-corrected chi connectivity index (χ3v) is 14.7. The Morgan fingerprint density at radius 1 is 0.330 bits per heavy atom. The number of quaternary nitrogens is 1. The van der Waals surface area contributed by atoms with Gasteiger partial charge in [-0.3, -0.25) is 9.59 Å². The first-order valence-electron chi connectivity index (χ1n) is 35.9. The van der Waals surface area contributed by atoms with Crippen LogP contribution in [0.25, 0.3) is 0 Å². The molecule has 0 aliphatic rings. The highest BCUT2D eigenvalue weighted by Crippen LogP contribution is 2.16. The number of hydrogen-bond donors (Lipinski definition) is 1. The topological polar surface area (TPSA) is 108 Å². The van der Waals surface area contributed by atoms with Crippen molar-refractivity contribution < 1.29 is 42.9 Å². The average molecular weight is 1260 g/mol. The second-order valence-corrected chi connectivity index (χ2v) is 24.4. The Morgan fingerprint density at radius 2 is 0.593 bits per heavy atom. The van der Waals surface area contributed by atoms with Crippen molar-refractivity contribution >= 4 is 17.9 Å². The van der Waals surface area contributed by atoms with Crippen LogP contribution in [-0.4, -0.2) is 87.4 Å². The molecule has 0 amide bonds. The van der Waals surface area contributed by atoms with Gasteiger partial charge in [-0.2, -0.15) is 0 Å². The number of hydrogen-bond acceptors (Lipinski definition) is 7. The maximum Gasteiger partial charge on any atom is 0.361 e. The second-order valence-electron chi connectivity index (χ2n) is 24.4. The minimum atomic E-state index is -1.53. The van der Waals surface area contributed by atoms with Gasteiger partial charge < -0.3 is 28.5 Å². The number of ether oxygens (including phenoxy) is 4. The molecular weight excluding hydrogens is 1130 g/mol. The molecular formula is C82H132NO8+. The summed E-state index contributed by atoms with van der Waals surface area (Å²) in [6.45, 7) is 4.62. The van der Waals surface area contributed by atoms with Crippen LogP contribution in [0.5, 0.6) is 0 Å². The third kappa shape index (κ3) is 71.7. The molecule has 0 aromatic heterocycles. The molecule has 2 unspecified atom stereocenters. The molecule has 91 heavy (non-hydrogen) atoms. The lowest BCUT2D eigenvalue weighted by molar-refractivity contribution is -0.870. The van der Waals surface area contributed by atoms with Crippen LogP contribution in [0.4, 0.5) is 0 Å². The molecule has 0 bridgehead atoms. The Bertz CT molecular complexity index is 2150. The highest BCUT2D eigenvalue weighted by Gasteiger charge is 2.25. The Hall–Kier alpha value is -5.61. The molecule has 0 aliphatic heterocycles. The normalized spacial score (nSPS) is 13.8. The van der Waals surface area contributed by atoms with E-state index in [0.717, 1.165) is 154 Å². The first-order valence-corrected chi connectivity index (χ1v) is 35.9. The quantitative estimate of drug-likeness (QED) is 0.0211. The summed E-state index contributed by atoms with van der Waals surface area (Å²) >= 11 is 0. The molecule has 2 atom stereocenters. The van der Waals surface area contributed by atoms with Crippen molar-refractivity contribution in [1.82, 2.24) is 0 Å². The predicted molar refractivity (Wildman–Crippen MR) is 391 cm³/mol. The van der Waals surface area contributed by atoms with Gasteiger partial charge in [-0.25, -0.2) is 4.79 Å². The lowest BCUT2D eigenvalue weighted by Gasteiger charge is -2.25. The Morgan fingerprint density at radius 3 is 0.879 bits per heavy atom. The average Bonchev–Trinajstić information content (AvgIpc) is 3.53. The summed E-state index contributed by atoms with van der Waals surface area (Å²) in [6.07, 6.45) is 104. The molecule has 0 fully saturated rings. The Balaban J connectivity index is 4.17. The number of aliphatic carboxylic acids is 1. The molecule has 0 spiro atoms. The number of allylic oxidation sites excluding steroid dienone is 30. The number of esters is 2. The zero-order valence-corrected chi connectivity index (χ0v) is 58.4. The van der Waals surface area contributed by atoms with Crippen molar-refractivity contribution in [3.05, 3.63) is 182 Å². The summed E-state index contributed by atoms with van der Waals surface area (Å²) < 4.78 is 23.0. The van der Waals surface area contributed by atoms with Crippen molar-refractivity contribution in [2.45, 2.75) is 270 Å². The van der Waals surface area contributed by atoms with Crippen LogP contribution in [0, 0.1) is 0 Å². The first kappa shape index (κ1) is 85.4. The van der Waals surface area contributed by atoms with Gasteiger partial charge in [-0.1, -0.05) is 292 Å². The molecule has 0 heterocycles. The minimum Gasteiger partial charge on any atom is -0.477 e. The van der Waals surface area contributed by atoms with Crippen LogP contribution >= 0.6 is 0 Å². The van der Waals surface area contributed by atoms with Crippen LogP contribution in [0.3, 0.4) is 0 Å².